The van der Waals surface area contributed by atoms with Crippen LogP contribution in [0.25, 0.3) is 0 Å². The second kappa shape index (κ2) is 3.62. The molecule has 0 aliphatic carbocycles. The molecular weight excluding hydrogens is 214 g/mol. The largest absolute Gasteiger partial charge is 0.426 e. The fourth-order valence-corrected chi connectivity index (χ4v) is 2.47. The first-order valence-corrected chi connectivity index (χ1v) is 5.93. The van der Waals surface area contributed by atoms with Crippen molar-refractivity contribution in [3.63, 3.8) is 0 Å². The number of benzene rings is 1. The average Bonchev–Trinajstić information content (AvgIpc) is 2.90. The Labute approximate surface area is 101 Å². The molecule has 0 radical (unpaired) electrons. The van der Waals surface area contributed by atoms with Gasteiger partial charge in [-0.2, -0.15) is 0 Å². The third kappa shape index (κ3) is 1.54. The van der Waals surface area contributed by atoms with Gasteiger partial charge in [0.2, 0.25) is 0 Å². The van der Waals surface area contributed by atoms with Crippen molar-refractivity contribution in [3.05, 3.63) is 35.4 Å². The fourth-order valence-electron chi connectivity index (χ4n) is 2.47. The van der Waals surface area contributed by atoms with E-state index in [0.29, 0.717) is 0 Å². The van der Waals surface area contributed by atoms with Crippen LogP contribution < -0.4 is 9.64 Å². The zero-order chi connectivity index (χ0) is 12.0. The number of ether oxygens (including phenoxy) is 1. The fraction of sp³-hybridized carbons (Fsp3) is 0.357. The zero-order valence-corrected chi connectivity index (χ0v) is 10.1. The highest BCUT2D eigenvalue weighted by Gasteiger charge is 2.30. The quantitative estimate of drug-likeness (QED) is 0.421. The predicted molar refractivity (Wildman–Crippen MR) is 66.6 cm³/mol. The molecule has 0 fully saturated rings. The average molecular weight is 229 g/mol. The van der Waals surface area contributed by atoms with E-state index in [1.807, 2.05) is 13.0 Å². The van der Waals surface area contributed by atoms with Gasteiger partial charge in [0.15, 0.2) is 0 Å². The molecule has 3 rings (SSSR count). The number of nitrogens with zero attached hydrogens (tertiary/aromatic N) is 1. The van der Waals surface area contributed by atoms with Gasteiger partial charge >= 0.3 is 5.97 Å². The molecule has 2 aliphatic rings. The van der Waals surface area contributed by atoms with Crippen molar-refractivity contribution in [2.45, 2.75) is 19.8 Å². The molecule has 1 aromatic rings. The first-order valence-electron chi connectivity index (χ1n) is 5.93. The number of fused-ring (bicyclic) bond motifs is 1. The van der Waals surface area contributed by atoms with Gasteiger partial charge in [-0.3, -0.25) is 4.79 Å². The summed E-state index contributed by atoms with van der Waals surface area (Å²) in [6, 6.07) is 4.08. The van der Waals surface area contributed by atoms with Crippen LogP contribution in [0.4, 0.5) is 5.69 Å². The number of esters is 1. The Hall–Kier alpha value is -1.77. The minimum absolute atomic E-state index is 0.130. The lowest BCUT2D eigenvalue weighted by Gasteiger charge is -2.21. The SMILES string of the molecule is Cc1cc2c(cc1N1CC=CC1)OC(=O)C2C. The van der Waals surface area contributed by atoms with Gasteiger partial charge in [0.25, 0.3) is 0 Å². The first-order chi connectivity index (χ1) is 8.16. The molecule has 3 heteroatoms. The van der Waals surface area contributed by atoms with E-state index >= 15 is 0 Å². The van der Waals surface area contributed by atoms with Crippen LogP contribution in [0, 0.1) is 6.92 Å². The summed E-state index contributed by atoms with van der Waals surface area (Å²) >= 11 is 0. The molecule has 2 aliphatic heterocycles. The Morgan fingerprint density at radius 2 is 2.00 bits per heavy atom. The molecule has 0 amide bonds. The normalized spacial score (nSPS) is 21.9. The molecule has 17 heavy (non-hydrogen) atoms. The van der Waals surface area contributed by atoms with E-state index in [0.717, 1.165) is 30.1 Å². The van der Waals surface area contributed by atoms with E-state index in [9.17, 15) is 4.79 Å². The zero-order valence-electron chi connectivity index (χ0n) is 10.1. The van der Waals surface area contributed by atoms with E-state index in [1.165, 1.54) is 5.56 Å². The van der Waals surface area contributed by atoms with Crippen molar-refractivity contribution in [2.24, 2.45) is 0 Å². The van der Waals surface area contributed by atoms with Crippen molar-refractivity contribution >= 4 is 11.7 Å². The highest BCUT2D eigenvalue weighted by Crippen LogP contribution is 2.39. The summed E-state index contributed by atoms with van der Waals surface area (Å²) in [7, 11) is 0. The lowest BCUT2D eigenvalue weighted by molar-refractivity contribution is -0.133. The highest BCUT2D eigenvalue weighted by atomic mass is 16.5. The molecule has 2 heterocycles. The summed E-state index contributed by atoms with van der Waals surface area (Å²) in [4.78, 5) is 13.8. The molecule has 1 unspecified atom stereocenters. The second-order valence-electron chi connectivity index (χ2n) is 4.70. The second-order valence-corrected chi connectivity index (χ2v) is 4.70. The van der Waals surface area contributed by atoms with Crippen molar-refractivity contribution in [1.29, 1.82) is 0 Å². The van der Waals surface area contributed by atoms with Gasteiger partial charge in [-0.15, -0.1) is 0 Å². The van der Waals surface area contributed by atoms with Crippen LogP contribution in [-0.2, 0) is 4.79 Å². The summed E-state index contributed by atoms with van der Waals surface area (Å²) in [5.74, 6) is 0.459. The molecule has 0 saturated heterocycles. The minimum Gasteiger partial charge on any atom is -0.426 e. The summed E-state index contributed by atoms with van der Waals surface area (Å²) < 4.78 is 5.29. The summed E-state index contributed by atoms with van der Waals surface area (Å²) in [5, 5.41) is 0. The number of hydrogen-bond acceptors (Lipinski definition) is 3. The van der Waals surface area contributed by atoms with Crippen LogP contribution in [-0.4, -0.2) is 19.1 Å². The van der Waals surface area contributed by atoms with Crippen LogP contribution in [0.2, 0.25) is 0 Å². The predicted octanol–water partition coefficient (Wildman–Crippen LogP) is 2.39. The Kier molecular flexibility index (Phi) is 2.21. The topological polar surface area (TPSA) is 29.5 Å². The number of aryl methyl sites for hydroxylation is 1. The molecular formula is C14H15NO2. The van der Waals surface area contributed by atoms with Crippen LogP contribution in [0.15, 0.2) is 24.3 Å². The summed E-state index contributed by atoms with van der Waals surface area (Å²) in [6.45, 7) is 5.85. The molecule has 1 aromatic carbocycles. The van der Waals surface area contributed by atoms with Gasteiger partial charge in [0.05, 0.1) is 5.92 Å². The van der Waals surface area contributed by atoms with E-state index in [-0.39, 0.29) is 11.9 Å². The maximum absolute atomic E-state index is 11.5. The van der Waals surface area contributed by atoms with Crippen LogP contribution in [0.5, 0.6) is 5.75 Å². The smallest absolute Gasteiger partial charge is 0.318 e. The molecule has 0 spiro atoms. The number of anilines is 1. The van der Waals surface area contributed by atoms with Crippen molar-refractivity contribution in [3.8, 4) is 5.75 Å². The summed E-state index contributed by atoms with van der Waals surface area (Å²) in [5.41, 5.74) is 3.39. The third-order valence-electron chi connectivity index (χ3n) is 3.52. The number of rotatable bonds is 1. The maximum atomic E-state index is 11.5. The number of hydrogen-bond donors (Lipinski definition) is 0. The van der Waals surface area contributed by atoms with Crippen molar-refractivity contribution in [2.75, 3.05) is 18.0 Å². The van der Waals surface area contributed by atoms with E-state index in [1.54, 1.807) is 0 Å². The Morgan fingerprint density at radius 3 is 2.71 bits per heavy atom. The van der Waals surface area contributed by atoms with Crippen LogP contribution >= 0.6 is 0 Å². The molecule has 0 aromatic heterocycles. The van der Waals surface area contributed by atoms with Gasteiger partial charge in [0, 0.05) is 30.4 Å². The minimum atomic E-state index is -0.143. The molecule has 88 valence electrons. The van der Waals surface area contributed by atoms with Crippen LogP contribution in [0.1, 0.15) is 24.0 Å². The molecule has 0 N–H and O–H groups in total. The lowest BCUT2D eigenvalue weighted by atomic mass is 9.99. The van der Waals surface area contributed by atoms with E-state index < -0.39 is 0 Å². The van der Waals surface area contributed by atoms with Crippen molar-refractivity contribution < 1.29 is 9.53 Å². The Balaban J connectivity index is 2.03. The number of carbonyl (C=O) groups is 1. The first kappa shape index (κ1) is 10.4. The maximum Gasteiger partial charge on any atom is 0.318 e. The Bertz CT molecular complexity index is 511. The molecule has 0 saturated carbocycles. The van der Waals surface area contributed by atoms with Gasteiger partial charge in [-0.25, -0.2) is 0 Å². The van der Waals surface area contributed by atoms with Crippen LogP contribution in [0.3, 0.4) is 0 Å². The van der Waals surface area contributed by atoms with Gasteiger partial charge in [-0.1, -0.05) is 12.2 Å². The van der Waals surface area contributed by atoms with Gasteiger partial charge in [-0.05, 0) is 25.5 Å². The standard InChI is InChI=1S/C14H15NO2/c1-9-7-11-10(2)14(16)17-13(11)8-12(9)15-5-3-4-6-15/h3-4,7-8,10H,5-6H2,1-2H3. The lowest BCUT2D eigenvalue weighted by Crippen LogP contribution is -2.19. The molecule has 0 bridgehead atoms. The molecule has 1 atom stereocenters. The van der Waals surface area contributed by atoms with Crippen molar-refractivity contribution in [1.82, 2.24) is 0 Å². The van der Waals surface area contributed by atoms with Gasteiger partial charge in [0.1, 0.15) is 5.75 Å². The monoisotopic (exact) mass is 229 g/mol. The number of carbonyl (C=O) groups excluding carboxylic acids is 1. The third-order valence-corrected chi connectivity index (χ3v) is 3.52. The van der Waals surface area contributed by atoms with E-state index in [4.69, 9.17) is 4.74 Å². The summed E-state index contributed by atoms with van der Waals surface area (Å²) in [6.07, 6.45) is 4.31. The highest BCUT2D eigenvalue weighted by molar-refractivity contribution is 5.86. The molecule has 3 nitrogen and oxygen atoms in total. The van der Waals surface area contributed by atoms with Gasteiger partial charge < -0.3 is 9.64 Å². The Morgan fingerprint density at radius 1 is 1.29 bits per heavy atom. The van der Waals surface area contributed by atoms with E-state index in [2.05, 4.69) is 30.0 Å².